The van der Waals surface area contributed by atoms with Crippen molar-refractivity contribution in [1.29, 1.82) is 0 Å². The average molecular weight is 637 g/mol. The lowest BCUT2D eigenvalue weighted by molar-refractivity contribution is 0.667. The van der Waals surface area contributed by atoms with E-state index in [0.29, 0.717) is 0 Å². The number of benzene rings is 8. The van der Waals surface area contributed by atoms with Crippen LogP contribution in [0.15, 0.2) is 199 Å². The van der Waals surface area contributed by atoms with Crippen molar-refractivity contribution < 1.29 is 4.42 Å². The van der Waals surface area contributed by atoms with E-state index >= 15 is 0 Å². The van der Waals surface area contributed by atoms with E-state index < -0.39 is 5.41 Å². The fraction of sp³-hybridized carbons (Fsp3) is 0.0204. The largest absolute Gasteiger partial charge is 0.455 e. The molecular formula is C49H32O. The van der Waals surface area contributed by atoms with Crippen LogP contribution in [0.3, 0.4) is 0 Å². The molecule has 0 atom stereocenters. The van der Waals surface area contributed by atoms with Crippen molar-refractivity contribution in [2.45, 2.75) is 5.41 Å². The van der Waals surface area contributed by atoms with Gasteiger partial charge in [0, 0.05) is 16.3 Å². The van der Waals surface area contributed by atoms with Crippen molar-refractivity contribution in [2.24, 2.45) is 0 Å². The minimum absolute atomic E-state index is 0.473. The van der Waals surface area contributed by atoms with Crippen molar-refractivity contribution in [3.8, 4) is 44.5 Å². The van der Waals surface area contributed by atoms with Gasteiger partial charge < -0.3 is 4.42 Å². The maximum absolute atomic E-state index is 7.02. The van der Waals surface area contributed by atoms with E-state index in [9.17, 15) is 0 Å². The first-order chi connectivity index (χ1) is 24.8. The zero-order valence-corrected chi connectivity index (χ0v) is 27.4. The maximum Gasteiger partial charge on any atom is 0.143 e. The molecular weight excluding hydrogens is 605 g/mol. The monoisotopic (exact) mass is 636 g/mol. The fourth-order valence-corrected chi connectivity index (χ4v) is 8.34. The van der Waals surface area contributed by atoms with Gasteiger partial charge in [0.05, 0.1) is 5.41 Å². The number of rotatable bonds is 5. The molecule has 8 aromatic carbocycles. The molecule has 1 aliphatic carbocycles. The quantitative estimate of drug-likeness (QED) is 0.183. The van der Waals surface area contributed by atoms with Gasteiger partial charge in [-0.25, -0.2) is 0 Å². The van der Waals surface area contributed by atoms with Crippen molar-refractivity contribution in [3.63, 3.8) is 0 Å². The summed E-state index contributed by atoms with van der Waals surface area (Å²) in [6, 6.07) is 70.3. The summed E-state index contributed by atoms with van der Waals surface area (Å²) in [5, 5.41) is 2.26. The number of hydrogen-bond donors (Lipinski definition) is 0. The van der Waals surface area contributed by atoms with Crippen molar-refractivity contribution in [3.05, 3.63) is 216 Å². The molecule has 0 amide bonds. The van der Waals surface area contributed by atoms with Gasteiger partial charge in [0.2, 0.25) is 0 Å². The van der Waals surface area contributed by atoms with Crippen molar-refractivity contribution in [1.82, 2.24) is 0 Å². The SMILES string of the molecule is c1ccc(-c2cc(-c3ccccc3)cc(-c3cccc4c3oc3cc5c(cc34)-c3ccccc3C5(c3ccccc3)c3ccccc3)c2)cc1. The Morgan fingerprint density at radius 3 is 1.46 bits per heavy atom. The van der Waals surface area contributed by atoms with Gasteiger partial charge in [0.1, 0.15) is 11.2 Å². The zero-order valence-electron chi connectivity index (χ0n) is 27.4. The van der Waals surface area contributed by atoms with Gasteiger partial charge in [-0.1, -0.05) is 164 Å². The van der Waals surface area contributed by atoms with Crippen LogP contribution in [0.1, 0.15) is 22.3 Å². The molecule has 0 fully saturated rings. The molecule has 0 unspecified atom stereocenters. The third-order valence-electron chi connectivity index (χ3n) is 10.5. The highest BCUT2D eigenvalue weighted by Gasteiger charge is 2.46. The van der Waals surface area contributed by atoms with Gasteiger partial charge in [0.15, 0.2) is 0 Å². The first kappa shape index (κ1) is 28.6. The molecule has 1 heteroatoms. The molecule has 0 bridgehead atoms. The predicted octanol–water partition coefficient (Wildman–Crippen LogP) is 13.0. The molecule has 1 aliphatic rings. The molecule has 0 saturated carbocycles. The Labute approximate surface area is 291 Å². The van der Waals surface area contributed by atoms with Gasteiger partial charge in [-0.15, -0.1) is 0 Å². The molecule has 0 saturated heterocycles. The lowest BCUT2D eigenvalue weighted by Crippen LogP contribution is -2.28. The number of para-hydroxylation sites is 1. The van der Waals surface area contributed by atoms with Crippen LogP contribution in [0.25, 0.3) is 66.4 Å². The second kappa shape index (κ2) is 11.3. The molecule has 1 nitrogen and oxygen atoms in total. The summed E-state index contributed by atoms with van der Waals surface area (Å²) in [7, 11) is 0. The minimum Gasteiger partial charge on any atom is -0.455 e. The second-order valence-corrected chi connectivity index (χ2v) is 13.2. The first-order valence-electron chi connectivity index (χ1n) is 17.3. The third kappa shape index (κ3) is 4.27. The summed E-state index contributed by atoms with van der Waals surface area (Å²) in [6.07, 6.45) is 0. The fourth-order valence-electron chi connectivity index (χ4n) is 8.34. The molecule has 0 radical (unpaired) electrons. The summed E-state index contributed by atoms with van der Waals surface area (Å²) < 4.78 is 7.02. The van der Waals surface area contributed by atoms with Crippen molar-refractivity contribution >= 4 is 21.9 Å². The van der Waals surface area contributed by atoms with E-state index in [2.05, 4.69) is 194 Å². The Morgan fingerprint density at radius 2 is 0.840 bits per heavy atom. The summed E-state index contributed by atoms with van der Waals surface area (Å²) in [5.41, 5.74) is 15.9. The van der Waals surface area contributed by atoms with E-state index in [4.69, 9.17) is 4.42 Å². The van der Waals surface area contributed by atoms with Gasteiger partial charge in [0.25, 0.3) is 0 Å². The first-order valence-corrected chi connectivity index (χ1v) is 17.3. The molecule has 50 heavy (non-hydrogen) atoms. The van der Waals surface area contributed by atoms with Gasteiger partial charge in [-0.2, -0.15) is 0 Å². The smallest absolute Gasteiger partial charge is 0.143 e. The van der Waals surface area contributed by atoms with Crippen LogP contribution in [-0.4, -0.2) is 0 Å². The Balaban J connectivity index is 1.24. The minimum atomic E-state index is -0.473. The van der Waals surface area contributed by atoms with E-state index in [1.54, 1.807) is 0 Å². The zero-order chi connectivity index (χ0) is 33.1. The summed E-state index contributed by atoms with van der Waals surface area (Å²) >= 11 is 0. The number of furan rings is 1. The lowest BCUT2D eigenvalue weighted by atomic mass is 9.67. The van der Waals surface area contributed by atoms with Crippen LogP contribution in [-0.2, 0) is 5.41 Å². The van der Waals surface area contributed by atoms with Gasteiger partial charge >= 0.3 is 0 Å². The molecule has 0 N–H and O–H groups in total. The van der Waals surface area contributed by atoms with Crippen LogP contribution < -0.4 is 0 Å². The topological polar surface area (TPSA) is 13.1 Å². The van der Waals surface area contributed by atoms with E-state index in [0.717, 1.165) is 33.1 Å². The molecule has 234 valence electrons. The van der Waals surface area contributed by atoms with Crippen molar-refractivity contribution in [2.75, 3.05) is 0 Å². The standard InChI is InChI=1S/C49H32O/c1-5-16-33(17-6-1)35-28-36(34-18-7-2-8-19-34)30-37(29-35)40-25-15-26-42-44-31-43-41-24-13-14-27-45(41)49(38-20-9-3-10-21-38,39-22-11-4-12-23-39)46(43)32-47(44)50-48(40)42/h1-32H. The Morgan fingerprint density at radius 1 is 0.320 bits per heavy atom. The van der Waals surface area contributed by atoms with Crippen LogP contribution >= 0.6 is 0 Å². The highest BCUT2D eigenvalue weighted by molar-refractivity contribution is 6.12. The predicted molar refractivity (Wildman–Crippen MR) is 207 cm³/mol. The number of hydrogen-bond acceptors (Lipinski definition) is 1. The molecule has 10 rings (SSSR count). The Hall–Kier alpha value is -6.44. The summed E-state index contributed by atoms with van der Waals surface area (Å²) in [4.78, 5) is 0. The average Bonchev–Trinajstić information content (AvgIpc) is 3.71. The lowest BCUT2D eigenvalue weighted by Gasteiger charge is -2.33. The molecule has 9 aromatic rings. The van der Waals surface area contributed by atoms with Gasteiger partial charge in [-0.05, 0) is 91.5 Å². The highest BCUT2D eigenvalue weighted by atomic mass is 16.3. The Bertz CT molecular complexity index is 2570. The Kier molecular flexibility index (Phi) is 6.47. The summed E-state index contributed by atoms with van der Waals surface area (Å²) in [6.45, 7) is 0. The van der Waals surface area contributed by atoms with E-state index in [-0.39, 0.29) is 0 Å². The molecule has 0 spiro atoms. The normalized spacial score (nSPS) is 13.0. The van der Waals surface area contributed by atoms with Crippen LogP contribution in [0.5, 0.6) is 0 Å². The molecule has 1 heterocycles. The van der Waals surface area contributed by atoms with E-state index in [1.165, 1.54) is 55.6 Å². The van der Waals surface area contributed by atoms with Crippen LogP contribution in [0.4, 0.5) is 0 Å². The maximum atomic E-state index is 7.02. The number of fused-ring (bicyclic) bond motifs is 6. The van der Waals surface area contributed by atoms with E-state index in [1.807, 2.05) is 0 Å². The third-order valence-corrected chi connectivity index (χ3v) is 10.5. The highest BCUT2D eigenvalue weighted by Crippen LogP contribution is 2.57. The molecule has 0 aliphatic heterocycles. The molecule has 1 aromatic heterocycles. The second-order valence-electron chi connectivity index (χ2n) is 13.2. The van der Waals surface area contributed by atoms with Gasteiger partial charge in [-0.3, -0.25) is 0 Å². The van der Waals surface area contributed by atoms with Crippen LogP contribution in [0, 0.1) is 0 Å². The van der Waals surface area contributed by atoms with Crippen LogP contribution in [0.2, 0.25) is 0 Å². The summed E-state index contributed by atoms with van der Waals surface area (Å²) in [5.74, 6) is 0.